The fourth-order valence-electron chi connectivity index (χ4n) is 4.82. The summed E-state index contributed by atoms with van der Waals surface area (Å²) in [5.41, 5.74) is 3.85. The van der Waals surface area contributed by atoms with Gasteiger partial charge in [0, 0.05) is 21.5 Å². The molecule has 6 heteroatoms. The van der Waals surface area contributed by atoms with Crippen molar-refractivity contribution >= 4 is 28.2 Å². The van der Waals surface area contributed by atoms with E-state index < -0.39 is 0 Å². The molecule has 2 heterocycles. The first-order valence-electron chi connectivity index (χ1n) is 11.7. The zero-order valence-electron chi connectivity index (χ0n) is 20.5. The van der Waals surface area contributed by atoms with Gasteiger partial charge in [-0.1, -0.05) is 42.5 Å². The fraction of sp³-hybridized carbons (Fsp3) is 0.357. The van der Waals surface area contributed by atoms with Crippen LogP contribution in [0.25, 0.3) is 0 Å². The maximum atomic E-state index is 13.1. The molecule has 0 unspecified atom stereocenters. The Morgan fingerprint density at radius 2 is 1.65 bits per heavy atom. The number of esters is 1. The molecule has 0 atom stereocenters. The Morgan fingerprint density at radius 1 is 1.00 bits per heavy atom. The molecule has 0 saturated heterocycles. The second-order valence-electron chi connectivity index (χ2n) is 9.96. The molecule has 0 fully saturated rings. The molecule has 2 N–H and O–H groups in total. The Labute approximate surface area is 205 Å². The zero-order chi connectivity index (χ0) is 24.5. The lowest BCUT2D eigenvalue weighted by molar-refractivity contribution is 0.0525. The molecule has 1 amide bonds. The Bertz CT molecular complexity index is 1190. The first-order valence-corrected chi connectivity index (χ1v) is 12.5. The summed E-state index contributed by atoms with van der Waals surface area (Å²) in [6.07, 6.45) is 1.49. The largest absolute Gasteiger partial charge is 0.462 e. The van der Waals surface area contributed by atoms with Crippen LogP contribution in [0.15, 0.2) is 54.6 Å². The normalized spacial score (nSPS) is 15.9. The molecule has 5 nitrogen and oxygen atoms in total. The minimum absolute atomic E-state index is 0.186. The van der Waals surface area contributed by atoms with Crippen LogP contribution in [0, 0.1) is 0 Å². The van der Waals surface area contributed by atoms with Crippen LogP contribution in [0.3, 0.4) is 0 Å². The highest BCUT2D eigenvalue weighted by Crippen LogP contribution is 2.45. The summed E-state index contributed by atoms with van der Waals surface area (Å²) in [4.78, 5) is 27.2. The average Bonchev–Trinajstić information content (AvgIpc) is 3.12. The molecule has 0 spiro atoms. The molecule has 178 valence electrons. The first-order chi connectivity index (χ1) is 16.1. The molecule has 34 heavy (non-hydrogen) atoms. The van der Waals surface area contributed by atoms with Crippen molar-refractivity contribution in [3.05, 3.63) is 87.3 Å². The van der Waals surface area contributed by atoms with Crippen molar-refractivity contribution < 1.29 is 14.3 Å². The van der Waals surface area contributed by atoms with Crippen LogP contribution in [-0.4, -0.2) is 24.0 Å². The van der Waals surface area contributed by atoms with Gasteiger partial charge in [0.05, 0.1) is 12.2 Å². The molecule has 0 saturated carbocycles. The predicted octanol–water partition coefficient (Wildman–Crippen LogP) is 5.93. The van der Waals surface area contributed by atoms with E-state index >= 15 is 0 Å². The molecule has 1 aliphatic rings. The van der Waals surface area contributed by atoms with Crippen molar-refractivity contribution in [2.75, 3.05) is 11.9 Å². The monoisotopic (exact) mass is 476 g/mol. The van der Waals surface area contributed by atoms with Crippen LogP contribution in [0.1, 0.15) is 76.9 Å². The summed E-state index contributed by atoms with van der Waals surface area (Å²) in [5.74, 6) is -0.623. The van der Waals surface area contributed by atoms with Crippen molar-refractivity contribution in [2.45, 2.75) is 58.5 Å². The van der Waals surface area contributed by atoms with E-state index in [1.165, 1.54) is 16.9 Å². The van der Waals surface area contributed by atoms with E-state index in [4.69, 9.17) is 4.74 Å². The van der Waals surface area contributed by atoms with E-state index in [9.17, 15) is 9.59 Å². The molecular weight excluding hydrogens is 444 g/mol. The molecule has 1 aliphatic heterocycles. The van der Waals surface area contributed by atoms with Crippen molar-refractivity contribution in [2.24, 2.45) is 0 Å². The SMILES string of the molecule is CCOC(=O)c1c(NC(=O)c2ccc(Cc3ccccc3)cc2)sc2c1CC(C)(C)NC2(C)C. The van der Waals surface area contributed by atoms with Gasteiger partial charge in [0.1, 0.15) is 5.00 Å². The molecular formula is C28H32N2O3S. The number of ether oxygens (including phenoxy) is 1. The number of amides is 1. The number of anilines is 1. The van der Waals surface area contributed by atoms with E-state index in [-0.39, 0.29) is 29.6 Å². The number of thiophene rings is 1. The Hall–Kier alpha value is -2.96. The van der Waals surface area contributed by atoms with Crippen LogP contribution in [-0.2, 0) is 23.1 Å². The molecule has 2 aromatic carbocycles. The third kappa shape index (κ3) is 5.08. The number of carbonyl (C=O) groups is 2. The number of rotatable bonds is 6. The fourth-order valence-corrected chi connectivity index (χ4v) is 6.08. The Balaban J connectivity index is 1.61. The van der Waals surface area contributed by atoms with Gasteiger partial charge in [0.25, 0.3) is 5.91 Å². The molecule has 0 bridgehead atoms. The third-order valence-corrected chi connectivity index (χ3v) is 7.49. The van der Waals surface area contributed by atoms with Crippen LogP contribution < -0.4 is 10.6 Å². The summed E-state index contributed by atoms with van der Waals surface area (Å²) in [7, 11) is 0. The van der Waals surface area contributed by atoms with Crippen molar-refractivity contribution in [3.8, 4) is 0 Å². The zero-order valence-corrected chi connectivity index (χ0v) is 21.3. The van der Waals surface area contributed by atoms with Crippen LogP contribution in [0.2, 0.25) is 0 Å². The molecule has 4 rings (SSSR count). The predicted molar refractivity (Wildman–Crippen MR) is 138 cm³/mol. The quantitative estimate of drug-likeness (QED) is 0.433. The van der Waals surface area contributed by atoms with E-state index in [0.29, 0.717) is 22.5 Å². The molecule has 3 aromatic rings. The second-order valence-corrected chi connectivity index (χ2v) is 11.0. The summed E-state index contributed by atoms with van der Waals surface area (Å²) >= 11 is 1.46. The maximum absolute atomic E-state index is 13.1. The van der Waals surface area contributed by atoms with Gasteiger partial charge in [-0.2, -0.15) is 0 Å². The number of hydrogen-bond donors (Lipinski definition) is 2. The van der Waals surface area contributed by atoms with Gasteiger partial charge >= 0.3 is 5.97 Å². The molecule has 0 aliphatic carbocycles. The van der Waals surface area contributed by atoms with E-state index in [2.05, 4.69) is 50.5 Å². The summed E-state index contributed by atoms with van der Waals surface area (Å²) in [6.45, 7) is 10.5. The Kier molecular flexibility index (Phi) is 6.65. The van der Waals surface area contributed by atoms with E-state index in [1.807, 2.05) is 42.5 Å². The van der Waals surface area contributed by atoms with E-state index in [1.54, 1.807) is 6.92 Å². The number of benzene rings is 2. The standard InChI is InChI=1S/C28H32N2O3S/c1-6-33-26(32)22-21-17-27(2,3)30-28(4,5)23(21)34-25(22)29-24(31)20-14-12-19(13-15-20)16-18-10-8-7-9-11-18/h7-15,30H,6,16-17H2,1-5H3,(H,29,31). The minimum Gasteiger partial charge on any atom is -0.462 e. The number of fused-ring (bicyclic) bond motifs is 1. The van der Waals surface area contributed by atoms with Crippen molar-refractivity contribution in [1.82, 2.24) is 5.32 Å². The highest BCUT2D eigenvalue weighted by Gasteiger charge is 2.42. The van der Waals surface area contributed by atoms with Gasteiger partial charge in [-0.25, -0.2) is 4.79 Å². The maximum Gasteiger partial charge on any atom is 0.341 e. The van der Waals surface area contributed by atoms with Crippen molar-refractivity contribution in [3.63, 3.8) is 0 Å². The molecule has 1 aromatic heterocycles. The third-order valence-electron chi connectivity index (χ3n) is 6.02. The van der Waals surface area contributed by atoms with Crippen LogP contribution in [0.4, 0.5) is 5.00 Å². The summed E-state index contributed by atoms with van der Waals surface area (Å²) < 4.78 is 5.38. The highest BCUT2D eigenvalue weighted by molar-refractivity contribution is 7.17. The number of carbonyl (C=O) groups excluding carboxylic acids is 2. The lowest BCUT2D eigenvalue weighted by Gasteiger charge is -2.42. The van der Waals surface area contributed by atoms with E-state index in [0.717, 1.165) is 22.4 Å². The smallest absolute Gasteiger partial charge is 0.341 e. The lowest BCUT2D eigenvalue weighted by atomic mass is 9.81. The van der Waals surface area contributed by atoms with Gasteiger partial charge < -0.3 is 15.4 Å². The summed E-state index contributed by atoms with van der Waals surface area (Å²) in [6, 6.07) is 17.9. The van der Waals surface area contributed by atoms with Gasteiger partial charge in [-0.05, 0) is 76.3 Å². The van der Waals surface area contributed by atoms with Crippen LogP contribution >= 0.6 is 11.3 Å². The van der Waals surface area contributed by atoms with Crippen molar-refractivity contribution in [1.29, 1.82) is 0 Å². The number of hydrogen-bond acceptors (Lipinski definition) is 5. The Morgan fingerprint density at radius 3 is 2.29 bits per heavy atom. The second kappa shape index (κ2) is 9.35. The van der Waals surface area contributed by atoms with Gasteiger partial charge in [0.15, 0.2) is 0 Å². The minimum atomic E-state index is -0.387. The van der Waals surface area contributed by atoms with Gasteiger partial charge in [-0.3, -0.25) is 4.79 Å². The van der Waals surface area contributed by atoms with Crippen LogP contribution in [0.5, 0.6) is 0 Å². The average molecular weight is 477 g/mol. The van der Waals surface area contributed by atoms with Gasteiger partial charge in [0.2, 0.25) is 0 Å². The highest BCUT2D eigenvalue weighted by atomic mass is 32.1. The number of nitrogens with one attached hydrogen (secondary N) is 2. The lowest BCUT2D eigenvalue weighted by Crippen LogP contribution is -2.55. The van der Waals surface area contributed by atoms with Gasteiger partial charge in [-0.15, -0.1) is 11.3 Å². The molecule has 0 radical (unpaired) electrons. The first kappa shape index (κ1) is 24.2. The topological polar surface area (TPSA) is 67.4 Å². The summed E-state index contributed by atoms with van der Waals surface area (Å²) in [5, 5.41) is 7.22.